The van der Waals surface area contributed by atoms with Crippen molar-refractivity contribution in [2.75, 3.05) is 26.2 Å². The summed E-state index contributed by atoms with van der Waals surface area (Å²) in [4.78, 5) is 18.9. The first-order valence-corrected chi connectivity index (χ1v) is 8.75. The van der Waals surface area contributed by atoms with Gasteiger partial charge in [-0.2, -0.15) is 13.2 Å². The van der Waals surface area contributed by atoms with E-state index in [2.05, 4.69) is 4.98 Å². The van der Waals surface area contributed by atoms with Gasteiger partial charge in [-0.15, -0.1) is 0 Å². The van der Waals surface area contributed by atoms with E-state index in [1.807, 2.05) is 0 Å². The second-order valence-corrected chi connectivity index (χ2v) is 6.71. The van der Waals surface area contributed by atoms with E-state index in [9.17, 15) is 22.4 Å². The standard InChI is InChI=1S/C18H16ClF4N3O2/c19-13-1-2-16(18(21,22)23)12(7-13)11-25-3-5-26(6-4-25)17(27)28-15-8-14(20)9-24-10-15/h1-2,7-10H,3-6,11H2. The number of piperazine rings is 1. The maximum Gasteiger partial charge on any atom is 0.416 e. The van der Waals surface area contributed by atoms with E-state index in [1.54, 1.807) is 4.90 Å². The summed E-state index contributed by atoms with van der Waals surface area (Å²) in [6.45, 7) is 1.32. The van der Waals surface area contributed by atoms with Crippen LogP contribution in [0.4, 0.5) is 22.4 Å². The largest absolute Gasteiger partial charge is 0.416 e. The zero-order valence-electron chi connectivity index (χ0n) is 14.5. The number of hydrogen-bond acceptors (Lipinski definition) is 4. The van der Waals surface area contributed by atoms with Gasteiger partial charge in [0, 0.05) is 43.8 Å². The summed E-state index contributed by atoms with van der Waals surface area (Å²) in [5.74, 6) is -0.640. The molecule has 0 bridgehead atoms. The van der Waals surface area contributed by atoms with E-state index in [0.717, 1.165) is 18.3 Å². The molecule has 1 amide bonds. The molecule has 1 aliphatic rings. The fourth-order valence-electron chi connectivity index (χ4n) is 2.91. The minimum absolute atomic E-state index is 0.0128. The summed E-state index contributed by atoms with van der Waals surface area (Å²) in [6.07, 6.45) is -2.92. The van der Waals surface area contributed by atoms with Gasteiger partial charge in [-0.1, -0.05) is 11.6 Å². The predicted molar refractivity (Wildman–Crippen MR) is 93.5 cm³/mol. The Kier molecular flexibility index (Phi) is 6.04. The quantitative estimate of drug-likeness (QED) is 0.702. The maximum absolute atomic E-state index is 13.2. The Bertz CT molecular complexity index is 855. The normalized spacial score (nSPS) is 15.5. The van der Waals surface area contributed by atoms with Crippen molar-refractivity contribution in [2.24, 2.45) is 0 Å². The molecule has 28 heavy (non-hydrogen) atoms. The van der Waals surface area contributed by atoms with E-state index in [1.165, 1.54) is 23.2 Å². The van der Waals surface area contributed by atoms with Gasteiger partial charge in [-0.3, -0.25) is 9.88 Å². The molecule has 1 fully saturated rings. The first-order chi connectivity index (χ1) is 13.2. The molecule has 5 nitrogen and oxygen atoms in total. The summed E-state index contributed by atoms with van der Waals surface area (Å²) >= 11 is 5.85. The van der Waals surface area contributed by atoms with Crippen LogP contribution in [0.2, 0.25) is 5.02 Å². The molecule has 150 valence electrons. The lowest BCUT2D eigenvalue weighted by molar-refractivity contribution is -0.138. The number of benzene rings is 1. The molecule has 1 aliphatic heterocycles. The molecule has 2 heterocycles. The molecule has 0 atom stereocenters. The number of amides is 1. The van der Waals surface area contributed by atoms with Crippen LogP contribution in [-0.2, 0) is 12.7 Å². The summed E-state index contributed by atoms with van der Waals surface area (Å²) in [5.41, 5.74) is -0.640. The molecule has 0 spiro atoms. The van der Waals surface area contributed by atoms with Crippen molar-refractivity contribution in [2.45, 2.75) is 12.7 Å². The van der Waals surface area contributed by atoms with Crippen LogP contribution in [0.25, 0.3) is 0 Å². The second-order valence-electron chi connectivity index (χ2n) is 6.27. The highest BCUT2D eigenvalue weighted by atomic mass is 35.5. The second kappa shape index (κ2) is 8.32. The van der Waals surface area contributed by atoms with E-state index in [0.29, 0.717) is 13.1 Å². The molecule has 10 heteroatoms. The Morgan fingerprint density at radius 1 is 1.14 bits per heavy atom. The van der Waals surface area contributed by atoms with E-state index < -0.39 is 23.7 Å². The number of carbonyl (C=O) groups is 1. The first kappa shape index (κ1) is 20.3. The van der Waals surface area contributed by atoms with Crippen molar-refractivity contribution >= 4 is 17.7 Å². The molecular weight excluding hydrogens is 402 g/mol. The van der Waals surface area contributed by atoms with E-state index in [-0.39, 0.29) is 36.0 Å². The van der Waals surface area contributed by atoms with Gasteiger partial charge < -0.3 is 9.64 Å². The number of aromatic nitrogens is 1. The Hall–Kier alpha value is -2.39. The van der Waals surface area contributed by atoms with E-state index >= 15 is 0 Å². The monoisotopic (exact) mass is 417 g/mol. The Morgan fingerprint density at radius 3 is 2.50 bits per heavy atom. The van der Waals surface area contributed by atoms with Crippen molar-refractivity contribution in [3.63, 3.8) is 0 Å². The van der Waals surface area contributed by atoms with Crippen LogP contribution in [0.3, 0.4) is 0 Å². The molecule has 0 unspecified atom stereocenters. The van der Waals surface area contributed by atoms with Gasteiger partial charge >= 0.3 is 12.3 Å². The molecule has 1 aromatic carbocycles. The number of halogens is 5. The third kappa shape index (κ3) is 5.11. The lowest BCUT2D eigenvalue weighted by Crippen LogP contribution is -2.49. The number of nitrogens with zero attached hydrogens (tertiary/aromatic N) is 3. The van der Waals surface area contributed by atoms with Crippen LogP contribution in [0, 0.1) is 5.82 Å². The highest BCUT2D eigenvalue weighted by molar-refractivity contribution is 6.30. The van der Waals surface area contributed by atoms with Crippen molar-refractivity contribution < 1.29 is 27.1 Å². The minimum atomic E-state index is -4.47. The fraction of sp³-hybridized carbons (Fsp3) is 0.333. The Morgan fingerprint density at radius 2 is 1.86 bits per heavy atom. The predicted octanol–water partition coefficient (Wildman–Crippen LogP) is 4.21. The molecule has 1 aromatic heterocycles. The summed E-state index contributed by atoms with van der Waals surface area (Å²) in [5, 5.41) is 0.230. The van der Waals surface area contributed by atoms with Crippen molar-refractivity contribution in [3.8, 4) is 5.75 Å². The Balaban J connectivity index is 1.59. The molecule has 3 rings (SSSR count). The third-order valence-electron chi connectivity index (χ3n) is 4.28. The van der Waals surface area contributed by atoms with Gasteiger partial charge in [0.1, 0.15) is 5.82 Å². The average molecular weight is 418 g/mol. The molecular formula is C18H16ClF4N3O2. The average Bonchev–Trinajstić information content (AvgIpc) is 2.61. The number of pyridine rings is 1. The summed E-state index contributed by atoms with van der Waals surface area (Å²) in [7, 11) is 0. The Labute approximate surface area is 163 Å². The maximum atomic E-state index is 13.2. The van der Waals surface area contributed by atoms with Crippen molar-refractivity contribution in [3.05, 3.63) is 58.6 Å². The number of carbonyl (C=O) groups excluding carboxylic acids is 1. The van der Waals surface area contributed by atoms with Crippen LogP contribution >= 0.6 is 11.6 Å². The SMILES string of the molecule is O=C(Oc1cncc(F)c1)N1CCN(Cc2cc(Cl)ccc2C(F)(F)F)CC1. The lowest BCUT2D eigenvalue weighted by Gasteiger charge is -2.34. The van der Waals surface area contributed by atoms with Gasteiger partial charge in [-0.25, -0.2) is 9.18 Å². The molecule has 2 aromatic rings. The molecule has 0 aliphatic carbocycles. The summed E-state index contributed by atoms with van der Waals surface area (Å²) < 4.78 is 57.7. The zero-order valence-corrected chi connectivity index (χ0v) is 15.3. The van der Waals surface area contributed by atoms with Gasteiger partial charge in [0.25, 0.3) is 0 Å². The summed E-state index contributed by atoms with van der Waals surface area (Å²) in [6, 6.07) is 4.53. The van der Waals surface area contributed by atoms with Gasteiger partial charge in [0.2, 0.25) is 0 Å². The highest BCUT2D eigenvalue weighted by Crippen LogP contribution is 2.34. The minimum Gasteiger partial charge on any atom is -0.408 e. The number of ether oxygens (including phenoxy) is 1. The van der Waals surface area contributed by atoms with Crippen LogP contribution in [0.5, 0.6) is 5.75 Å². The molecule has 0 radical (unpaired) electrons. The molecule has 1 saturated heterocycles. The van der Waals surface area contributed by atoms with Gasteiger partial charge in [-0.05, 0) is 23.8 Å². The third-order valence-corrected chi connectivity index (χ3v) is 4.52. The van der Waals surface area contributed by atoms with Crippen molar-refractivity contribution in [1.29, 1.82) is 0 Å². The smallest absolute Gasteiger partial charge is 0.408 e. The van der Waals surface area contributed by atoms with E-state index in [4.69, 9.17) is 16.3 Å². The fourth-order valence-corrected chi connectivity index (χ4v) is 3.11. The van der Waals surface area contributed by atoms with Crippen molar-refractivity contribution in [1.82, 2.24) is 14.8 Å². The number of hydrogen-bond donors (Lipinski definition) is 0. The van der Waals surface area contributed by atoms with Crippen LogP contribution in [0.15, 0.2) is 36.7 Å². The van der Waals surface area contributed by atoms with Gasteiger partial charge in [0.15, 0.2) is 5.75 Å². The van der Waals surface area contributed by atoms with Gasteiger partial charge in [0.05, 0.1) is 18.0 Å². The van der Waals surface area contributed by atoms with Crippen LogP contribution in [-0.4, -0.2) is 47.1 Å². The van der Waals surface area contributed by atoms with Crippen LogP contribution in [0.1, 0.15) is 11.1 Å². The number of alkyl halides is 3. The first-order valence-electron chi connectivity index (χ1n) is 8.37. The molecule has 0 N–H and O–H groups in total. The zero-order chi connectivity index (χ0) is 20.3. The molecule has 0 saturated carbocycles. The highest BCUT2D eigenvalue weighted by Gasteiger charge is 2.34. The number of rotatable bonds is 3. The lowest BCUT2D eigenvalue weighted by atomic mass is 10.1. The topological polar surface area (TPSA) is 45.7 Å². The van der Waals surface area contributed by atoms with Crippen LogP contribution < -0.4 is 4.74 Å².